The quantitative estimate of drug-likeness (QED) is 0.937. The fourth-order valence-corrected chi connectivity index (χ4v) is 3.36. The number of aliphatic carboxylic acids is 1. The Kier molecular flexibility index (Phi) is 3.93. The zero-order valence-corrected chi connectivity index (χ0v) is 12.3. The summed E-state index contributed by atoms with van der Waals surface area (Å²) in [5, 5.41) is 11.7. The molecular weight excluding hydrogens is 262 g/mol. The van der Waals surface area contributed by atoms with Crippen LogP contribution in [0.4, 0.5) is 0 Å². The molecule has 3 heteroatoms. The van der Waals surface area contributed by atoms with E-state index in [2.05, 4.69) is 47.4 Å². The third kappa shape index (κ3) is 2.79. The van der Waals surface area contributed by atoms with Gasteiger partial charge in [-0.15, -0.1) is 0 Å². The van der Waals surface area contributed by atoms with Crippen molar-refractivity contribution >= 4 is 16.7 Å². The first-order chi connectivity index (χ1) is 10.2. The van der Waals surface area contributed by atoms with Crippen molar-refractivity contribution in [3.8, 4) is 0 Å². The maximum atomic E-state index is 11.1. The van der Waals surface area contributed by atoms with E-state index in [9.17, 15) is 4.79 Å². The van der Waals surface area contributed by atoms with Crippen LogP contribution >= 0.6 is 0 Å². The molecule has 1 N–H and O–H groups in total. The summed E-state index contributed by atoms with van der Waals surface area (Å²) in [6.07, 6.45) is 2.07. The largest absolute Gasteiger partial charge is 0.480 e. The normalized spacial score (nSPS) is 18.7. The number of hydrogen-bond donors (Lipinski definition) is 1. The molecule has 21 heavy (non-hydrogen) atoms. The first-order valence-electron chi connectivity index (χ1n) is 7.61. The van der Waals surface area contributed by atoms with Gasteiger partial charge >= 0.3 is 5.97 Å². The number of likely N-dealkylation sites (tertiary alicyclic amines) is 1. The maximum Gasteiger partial charge on any atom is 0.320 e. The minimum Gasteiger partial charge on any atom is -0.480 e. The second-order valence-corrected chi connectivity index (χ2v) is 5.89. The molecule has 0 spiro atoms. The van der Waals surface area contributed by atoms with E-state index in [1.54, 1.807) is 6.92 Å². The standard InChI is InChI=1S/C18H21NO2/c1-13(18(20)21)19-11-9-15(10-12-19)17-8-4-6-14-5-2-3-7-16(14)17/h2-8,13,15H,9-12H2,1H3,(H,20,21). The first-order valence-corrected chi connectivity index (χ1v) is 7.61. The highest BCUT2D eigenvalue weighted by Gasteiger charge is 2.27. The lowest BCUT2D eigenvalue weighted by Gasteiger charge is -2.34. The molecule has 0 aromatic heterocycles. The van der Waals surface area contributed by atoms with Crippen LogP contribution in [0.5, 0.6) is 0 Å². The van der Waals surface area contributed by atoms with Crippen molar-refractivity contribution in [2.75, 3.05) is 13.1 Å². The van der Waals surface area contributed by atoms with Crippen molar-refractivity contribution in [3.05, 3.63) is 48.0 Å². The van der Waals surface area contributed by atoms with Crippen molar-refractivity contribution in [1.29, 1.82) is 0 Å². The highest BCUT2D eigenvalue weighted by molar-refractivity contribution is 5.86. The number of piperidine rings is 1. The number of carboxylic acids is 1. The van der Waals surface area contributed by atoms with E-state index in [4.69, 9.17) is 5.11 Å². The van der Waals surface area contributed by atoms with Gasteiger partial charge in [0.15, 0.2) is 0 Å². The topological polar surface area (TPSA) is 40.5 Å². The van der Waals surface area contributed by atoms with Crippen molar-refractivity contribution in [3.63, 3.8) is 0 Å². The van der Waals surface area contributed by atoms with Gasteiger partial charge in [0.25, 0.3) is 0 Å². The second kappa shape index (κ2) is 5.86. The van der Waals surface area contributed by atoms with Gasteiger partial charge < -0.3 is 5.11 Å². The number of nitrogens with zero attached hydrogens (tertiary/aromatic N) is 1. The predicted octanol–water partition coefficient (Wildman–Crippen LogP) is 3.49. The lowest BCUT2D eigenvalue weighted by Crippen LogP contribution is -2.43. The lowest BCUT2D eigenvalue weighted by molar-refractivity contribution is -0.143. The molecule has 0 amide bonds. The van der Waals surface area contributed by atoms with Crippen molar-refractivity contribution in [2.24, 2.45) is 0 Å². The monoisotopic (exact) mass is 283 g/mol. The second-order valence-electron chi connectivity index (χ2n) is 5.89. The van der Waals surface area contributed by atoms with Crippen molar-refractivity contribution in [2.45, 2.75) is 31.7 Å². The zero-order chi connectivity index (χ0) is 14.8. The number of carboxylic acid groups (broad SMARTS) is 1. The van der Waals surface area contributed by atoms with Gasteiger partial charge in [0.2, 0.25) is 0 Å². The highest BCUT2D eigenvalue weighted by atomic mass is 16.4. The van der Waals surface area contributed by atoms with E-state index < -0.39 is 5.97 Å². The molecule has 0 radical (unpaired) electrons. The Morgan fingerprint density at radius 3 is 2.52 bits per heavy atom. The molecule has 1 aliphatic rings. The van der Waals surface area contributed by atoms with E-state index >= 15 is 0 Å². The summed E-state index contributed by atoms with van der Waals surface area (Å²) >= 11 is 0. The van der Waals surface area contributed by atoms with Crippen LogP contribution < -0.4 is 0 Å². The summed E-state index contributed by atoms with van der Waals surface area (Å²) in [6, 6.07) is 14.6. The summed E-state index contributed by atoms with van der Waals surface area (Å²) in [5.74, 6) is -0.188. The predicted molar refractivity (Wildman–Crippen MR) is 84.6 cm³/mol. The molecule has 0 aliphatic carbocycles. The Morgan fingerprint density at radius 1 is 1.14 bits per heavy atom. The first kappa shape index (κ1) is 14.1. The Hall–Kier alpha value is -1.87. The van der Waals surface area contributed by atoms with E-state index in [-0.39, 0.29) is 6.04 Å². The SMILES string of the molecule is CC(C(=O)O)N1CCC(c2cccc3ccccc23)CC1. The fraction of sp³-hybridized carbons (Fsp3) is 0.389. The molecule has 2 aromatic rings. The van der Waals surface area contributed by atoms with Crippen LogP contribution in [-0.2, 0) is 4.79 Å². The average molecular weight is 283 g/mol. The van der Waals surface area contributed by atoms with Gasteiger partial charge in [0, 0.05) is 0 Å². The summed E-state index contributed by atoms with van der Waals surface area (Å²) in [4.78, 5) is 13.2. The smallest absolute Gasteiger partial charge is 0.320 e. The molecule has 1 heterocycles. The van der Waals surface area contributed by atoms with Crippen LogP contribution in [0.1, 0.15) is 31.2 Å². The molecule has 1 fully saturated rings. The maximum absolute atomic E-state index is 11.1. The van der Waals surface area contributed by atoms with Gasteiger partial charge in [-0.25, -0.2) is 0 Å². The third-order valence-corrected chi connectivity index (χ3v) is 4.70. The van der Waals surface area contributed by atoms with Crippen LogP contribution in [0.3, 0.4) is 0 Å². The molecule has 1 aliphatic heterocycles. The number of hydrogen-bond acceptors (Lipinski definition) is 2. The van der Waals surface area contributed by atoms with E-state index in [1.165, 1.54) is 16.3 Å². The molecule has 2 aromatic carbocycles. The fourth-order valence-electron chi connectivity index (χ4n) is 3.36. The minimum absolute atomic E-state index is 0.376. The van der Waals surface area contributed by atoms with Crippen LogP contribution in [0, 0.1) is 0 Å². The van der Waals surface area contributed by atoms with Gasteiger partial charge in [-0.05, 0) is 55.1 Å². The van der Waals surface area contributed by atoms with Gasteiger partial charge in [-0.2, -0.15) is 0 Å². The average Bonchev–Trinajstić information content (AvgIpc) is 2.53. The number of rotatable bonds is 3. The summed E-state index contributed by atoms with van der Waals surface area (Å²) in [5.41, 5.74) is 1.41. The zero-order valence-electron chi connectivity index (χ0n) is 12.3. The molecule has 110 valence electrons. The van der Waals surface area contributed by atoms with E-state index in [0.29, 0.717) is 5.92 Å². The third-order valence-electron chi connectivity index (χ3n) is 4.70. The summed E-state index contributed by atoms with van der Waals surface area (Å²) in [7, 11) is 0. The Labute approximate surface area is 125 Å². The highest BCUT2D eigenvalue weighted by Crippen LogP contribution is 2.33. The van der Waals surface area contributed by atoms with Gasteiger partial charge in [0.05, 0.1) is 0 Å². The Morgan fingerprint density at radius 2 is 1.81 bits per heavy atom. The molecular formula is C18H21NO2. The van der Waals surface area contributed by atoms with Crippen LogP contribution in [0.2, 0.25) is 0 Å². The Balaban J connectivity index is 1.79. The van der Waals surface area contributed by atoms with Crippen LogP contribution in [0.25, 0.3) is 10.8 Å². The number of carbonyl (C=O) groups is 1. The Bertz CT molecular complexity index is 639. The molecule has 1 unspecified atom stereocenters. The molecule has 0 saturated carbocycles. The summed E-state index contributed by atoms with van der Waals surface area (Å²) in [6.45, 7) is 3.50. The number of benzene rings is 2. The van der Waals surface area contributed by atoms with Gasteiger partial charge in [-0.3, -0.25) is 9.69 Å². The van der Waals surface area contributed by atoms with E-state index in [1.807, 2.05) is 0 Å². The van der Waals surface area contributed by atoms with Gasteiger partial charge in [-0.1, -0.05) is 42.5 Å². The van der Waals surface area contributed by atoms with Crippen molar-refractivity contribution < 1.29 is 9.90 Å². The van der Waals surface area contributed by atoms with E-state index in [0.717, 1.165) is 25.9 Å². The number of fused-ring (bicyclic) bond motifs is 1. The molecule has 1 saturated heterocycles. The summed E-state index contributed by atoms with van der Waals surface area (Å²) < 4.78 is 0. The van der Waals surface area contributed by atoms with Crippen LogP contribution in [-0.4, -0.2) is 35.1 Å². The van der Waals surface area contributed by atoms with Crippen LogP contribution in [0.15, 0.2) is 42.5 Å². The molecule has 0 bridgehead atoms. The molecule has 3 nitrogen and oxygen atoms in total. The molecule has 3 rings (SSSR count). The minimum atomic E-state index is -0.724. The lowest BCUT2D eigenvalue weighted by atomic mass is 9.86. The molecule has 1 atom stereocenters. The van der Waals surface area contributed by atoms with Crippen molar-refractivity contribution in [1.82, 2.24) is 4.90 Å². The van der Waals surface area contributed by atoms with Gasteiger partial charge in [0.1, 0.15) is 6.04 Å².